The lowest BCUT2D eigenvalue weighted by molar-refractivity contribution is 0.102. The number of amides is 2. The number of benzene rings is 1. The number of carbonyl (C=O) groups is 1. The minimum absolute atomic E-state index is 0.0125. The highest BCUT2D eigenvalue weighted by Crippen LogP contribution is 2.36. The number of thioether (sulfide) groups is 1. The van der Waals surface area contributed by atoms with Crippen LogP contribution >= 0.6 is 11.8 Å². The molecule has 1 aromatic rings. The van der Waals surface area contributed by atoms with Crippen molar-refractivity contribution in [2.24, 2.45) is 0 Å². The monoisotopic (exact) mass is 377 g/mol. The van der Waals surface area contributed by atoms with Gasteiger partial charge in [0, 0.05) is 50.3 Å². The van der Waals surface area contributed by atoms with Crippen molar-refractivity contribution in [2.75, 3.05) is 45.3 Å². The number of ether oxygens (including phenoxy) is 1. The highest BCUT2D eigenvalue weighted by Gasteiger charge is 2.40. The average Bonchev–Trinajstić information content (AvgIpc) is 3.17. The predicted molar refractivity (Wildman–Crippen MR) is 108 cm³/mol. The number of rotatable bonds is 6. The normalized spacial score (nSPS) is 19.9. The van der Waals surface area contributed by atoms with Gasteiger partial charge in [0.25, 0.3) is 0 Å². The summed E-state index contributed by atoms with van der Waals surface area (Å²) in [5, 5.41) is 3.22. The van der Waals surface area contributed by atoms with Crippen LogP contribution in [0.25, 0.3) is 0 Å². The van der Waals surface area contributed by atoms with Crippen molar-refractivity contribution in [3.63, 3.8) is 0 Å². The SMILES string of the molecule is COc1ccc(CN(C)C(=O)NCC2(N3CCSCC3)CCCC2)cc1. The zero-order chi connectivity index (χ0) is 18.4. The Morgan fingerprint density at radius 2 is 1.88 bits per heavy atom. The minimum Gasteiger partial charge on any atom is -0.497 e. The van der Waals surface area contributed by atoms with E-state index < -0.39 is 0 Å². The molecule has 5 nitrogen and oxygen atoms in total. The molecule has 2 aliphatic rings. The van der Waals surface area contributed by atoms with Crippen LogP contribution in [-0.2, 0) is 6.54 Å². The molecule has 1 aromatic carbocycles. The summed E-state index contributed by atoms with van der Waals surface area (Å²) in [5.41, 5.74) is 1.28. The molecule has 0 spiro atoms. The Labute approximate surface area is 161 Å². The maximum atomic E-state index is 12.6. The molecule has 26 heavy (non-hydrogen) atoms. The van der Waals surface area contributed by atoms with E-state index in [4.69, 9.17) is 4.74 Å². The van der Waals surface area contributed by atoms with Gasteiger partial charge in [-0.1, -0.05) is 25.0 Å². The third-order valence-electron chi connectivity index (χ3n) is 5.71. The first kappa shape index (κ1) is 19.4. The molecule has 1 aliphatic heterocycles. The van der Waals surface area contributed by atoms with E-state index in [2.05, 4.69) is 10.2 Å². The van der Waals surface area contributed by atoms with Crippen LogP contribution < -0.4 is 10.1 Å². The van der Waals surface area contributed by atoms with Crippen molar-refractivity contribution >= 4 is 17.8 Å². The molecule has 144 valence electrons. The summed E-state index contributed by atoms with van der Waals surface area (Å²) in [6, 6.07) is 7.89. The number of hydrogen-bond donors (Lipinski definition) is 1. The third-order valence-corrected chi connectivity index (χ3v) is 6.65. The number of carbonyl (C=O) groups excluding carboxylic acids is 1. The summed E-state index contributed by atoms with van der Waals surface area (Å²) in [4.78, 5) is 17.0. The number of urea groups is 1. The Hall–Kier alpha value is -1.40. The van der Waals surface area contributed by atoms with Crippen LogP contribution in [0.5, 0.6) is 5.75 Å². The molecule has 0 aromatic heterocycles. The molecule has 1 saturated heterocycles. The molecule has 2 fully saturated rings. The van der Waals surface area contributed by atoms with E-state index in [0.717, 1.165) is 30.9 Å². The van der Waals surface area contributed by atoms with Crippen LogP contribution in [0.1, 0.15) is 31.2 Å². The summed E-state index contributed by atoms with van der Waals surface area (Å²) in [7, 11) is 3.52. The molecular formula is C20H31N3O2S. The third kappa shape index (κ3) is 4.65. The lowest BCUT2D eigenvalue weighted by atomic mass is 9.94. The molecule has 2 amide bonds. The fourth-order valence-corrected chi connectivity index (χ4v) is 5.03. The standard InChI is InChI=1S/C20H31N3O2S/c1-22(15-17-5-7-18(25-2)8-6-17)19(24)21-16-20(9-3-4-10-20)23-11-13-26-14-12-23/h5-8H,3-4,9-16H2,1-2H3,(H,21,24). The van der Waals surface area contributed by atoms with Crippen LogP contribution in [0.2, 0.25) is 0 Å². The van der Waals surface area contributed by atoms with Crippen molar-refractivity contribution < 1.29 is 9.53 Å². The average molecular weight is 378 g/mol. The van der Waals surface area contributed by atoms with E-state index in [9.17, 15) is 4.79 Å². The van der Waals surface area contributed by atoms with Crippen molar-refractivity contribution in [3.05, 3.63) is 29.8 Å². The van der Waals surface area contributed by atoms with Crippen molar-refractivity contribution in [1.82, 2.24) is 15.1 Å². The van der Waals surface area contributed by atoms with Gasteiger partial charge in [0.1, 0.15) is 5.75 Å². The van der Waals surface area contributed by atoms with Gasteiger partial charge in [0.2, 0.25) is 0 Å². The Morgan fingerprint density at radius 3 is 2.50 bits per heavy atom. The second kappa shape index (κ2) is 9.00. The Morgan fingerprint density at radius 1 is 1.23 bits per heavy atom. The van der Waals surface area contributed by atoms with Crippen molar-refractivity contribution in [3.8, 4) is 5.75 Å². The van der Waals surface area contributed by atoms with Gasteiger partial charge in [-0.2, -0.15) is 11.8 Å². The van der Waals surface area contributed by atoms with E-state index in [1.165, 1.54) is 37.2 Å². The topological polar surface area (TPSA) is 44.8 Å². The van der Waals surface area contributed by atoms with Gasteiger partial charge in [-0.05, 0) is 30.5 Å². The zero-order valence-corrected chi connectivity index (χ0v) is 16.8. The number of nitrogens with one attached hydrogen (secondary N) is 1. The summed E-state index contributed by atoms with van der Waals surface area (Å²) in [5.74, 6) is 3.27. The first-order valence-corrected chi connectivity index (χ1v) is 10.7. The smallest absolute Gasteiger partial charge is 0.317 e. The predicted octanol–water partition coefficient (Wildman–Crippen LogP) is 3.20. The second-order valence-corrected chi connectivity index (χ2v) is 8.62. The number of methoxy groups -OCH3 is 1. The Bertz CT molecular complexity index is 581. The summed E-state index contributed by atoms with van der Waals surface area (Å²) in [6.07, 6.45) is 4.97. The van der Waals surface area contributed by atoms with Crippen LogP contribution in [-0.4, -0.2) is 66.7 Å². The minimum atomic E-state index is 0.0125. The van der Waals surface area contributed by atoms with Gasteiger partial charge < -0.3 is 15.0 Å². The van der Waals surface area contributed by atoms with Crippen LogP contribution in [0.4, 0.5) is 4.79 Å². The van der Waals surface area contributed by atoms with E-state index >= 15 is 0 Å². The molecule has 0 unspecified atom stereocenters. The fraction of sp³-hybridized carbons (Fsp3) is 0.650. The highest BCUT2D eigenvalue weighted by molar-refractivity contribution is 7.99. The molecule has 0 radical (unpaired) electrons. The van der Waals surface area contributed by atoms with E-state index in [1.54, 1.807) is 12.0 Å². The molecule has 3 rings (SSSR count). The van der Waals surface area contributed by atoms with Crippen LogP contribution in [0, 0.1) is 0 Å². The second-order valence-electron chi connectivity index (χ2n) is 7.39. The van der Waals surface area contributed by atoms with Gasteiger partial charge >= 0.3 is 6.03 Å². The lowest BCUT2D eigenvalue weighted by Crippen LogP contribution is -2.57. The summed E-state index contributed by atoms with van der Waals surface area (Å²) in [6.45, 7) is 3.68. The molecule has 1 saturated carbocycles. The van der Waals surface area contributed by atoms with Crippen molar-refractivity contribution in [2.45, 2.75) is 37.8 Å². The Balaban J connectivity index is 1.53. The van der Waals surface area contributed by atoms with E-state index in [-0.39, 0.29) is 11.6 Å². The van der Waals surface area contributed by atoms with Gasteiger partial charge in [-0.3, -0.25) is 4.90 Å². The molecule has 1 N–H and O–H groups in total. The van der Waals surface area contributed by atoms with E-state index in [0.29, 0.717) is 6.54 Å². The first-order chi connectivity index (χ1) is 12.6. The maximum absolute atomic E-state index is 12.6. The van der Waals surface area contributed by atoms with Gasteiger partial charge in [0.05, 0.1) is 7.11 Å². The highest BCUT2D eigenvalue weighted by atomic mass is 32.2. The Kier molecular flexibility index (Phi) is 6.70. The molecule has 6 heteroatoms. The number of hydrogen-bond acceptors (Lipinski definition) is 4. The largest absolute Gasteiger partial charge is 0.497 e. The molecule has 0 atom stereocenters. The van der Waals surface area contributed by atoms with Crippen LogP contribution in [0.3, 0.4) is 0 Å². The summed E-state index contributed by atoms with van der Waals surface area (Å²) >= 11 is 2.04. The van der Waals surface area contributed by atoms with Gasteiger partial charge in [-0.15, -0.1) is 0 Å². The molecular weight excluding hydrogens is 346 g/mol. The van der Waals surface area contributed by atoms with Gasteiger partial charge in [-0.25, -0.2) is 4.79 Å². The van der Waals surface area contributed by atoms with E-state index in [1.807, 2.05) is 43.1 Å². The molecule has 1 heterocycles. The lowest BCUT2D eigenvalue weighted by Gasteiger charge is -2.43. The van der Waals surface area contributed by atoms with Crippen LogP contribution in [0.15, 0.2) is 24.3 Å². The molecule has 0 bridgehead atoms. The van der Waals surface area contributed by atoms with Crippen molar-refractivity contribution in [1.29, 1.82) is 0 Å². The fourth-order valence-electron chi connectivity index (χ4n) is 4.13. The quantitative estimate of drug-likeness (QED) is 0.827. The zero-order valence-electron chi connectivity index (χ0n) is 16.0. The first-order valence-electron chi connectivity index (χ1n) is 9.58. The van der Waals surface area contributed by atoms with Gasteiger partial charge in [0.15, 0.2) is 0 Å². The molecule has 1 aliphatic carbocycles. The summed E-state index contributed by atoms with van der Waals surface area (Å²) < 4.78 is 5.19. The number of nitrogens with zero attached hydrogens (tertiary/aromatic N) is 2. The maximum Gasteiger partial charge on any atom is 0.317 e.